The summed E-state index contributed by atoms with van der Waals surface area (Å²) in [6.07, 6.45) is 1.49. The van der Waals surface area contributed by atoms with Crippen molar-refractivity contribution in [2.24, 2.45) is 0 Å². The van der Waals surface area contributed by atoms with E-state index in [4.69, 9.17) is 4.74 Å². The number of anilines is 1. The van der Waals surface area contributed by atoms with Crippen molar-refractivity contribution in [2.45, 2.75) is 37.0 Å². The summed E-state index contributed by atoms with van der Waals surface area (Å²) in [6.45, 7) is 4.33. The van der Waals surface area contributed by atoms with Crippen LogP contribution in [-0.4, -0.2) is 38.8 Å². The van der Waals surface area contributed by atoms with E-state index in [2.05, 4.69) is 21.2 Å². The predicted molar refractivity (Wildman–Crippen MR) is 117 cm³/mol. The molecule has 1 amide bonds. The van der Waals surface area contributed by atoms with Crippen LogP contribution in [0.3, 0.4) is 0 Å². The van der Waals surface area contributed by atoms with Gasteiger partial charge in [0.2, 0.25) is 15.9 Å². The van der Waals surface area contributed by atoms with Gasteiger partial charge in [0.05, 0.1) is 23.1 Å². The van der Waals surface area contributed by atoms with Crippen LogP contribution >= 0.6 is 15.9 Å². The summed E-state index contributed by atoms with van der Waals surface area (Å²) in [5.74, 6) is 0.258. The topological polar surface area (TPSA) is 75.7 Å². The Morgan fingerprint density at radius 3 is 2.41 bits per heavy atom. The molecule has 0 aliphatic heterocycles. The maximum absolute atomic E-state index is 13.1. The Bertz CT molecular complexity index is 1020. The molecule has 8 heteroatoms. The minimum Gasteiger partial charge on any atom is -0.495 e. The molecule has 0 heterocycles. The average molecular weight is 481 g/mol. The molecule has 0 saturated heterocycles. The molecule has 0 spiro atoms. The lowest BCUT2D eigenvalue weighted by Crippen LogP contribution is -2.31. The van der Waals surface area contributed by atoms with E-state index in [9.17, 15) is 13.2 Å². The second kappa shape index (κ2) is 8.45. The van der Waals surface area contributed by atoms with E-state index in [-0.39, 0.29) is 10.8 Å². The first kappa shape index (κ1) is 21.8. The Hall–Kier alpha value is -1.90. The number of hydrogen-bond donors (Lipinski definition) is 1. The van der Waals surface area contributed by atoms with Gasteiger partial charge in [0.15, 0.2) is 0 Å². The zero-order chi connectivity index (χ0) is 21.2. The van der Waals surface area contributed by atoms with Crippen LogP contribution in [0.15, 0.2) is 51.8 Å². The van der Waals surface area contributed by atoms with Crippen LogP contribution in [-0.2, 0) is 20.2 Å². The van der Waals surface area contributed by atoms with E-state index < -0.39 is 15.4 Å². The zero-order valence-electron chi connectivity index (χ0n) is 16.7. The summed E-state index contributed by atoms with van der Waals surface area (Å²) in [6, 6.07) is 12.3. The van der Waals surface area contributed by atoms with E-state index in [1.54, 1.807) is 19.9 Å². The van der Waals surface area contributed by atoms with Gasteiger partial charge in [-0.15, -0.1) is 0 Å². The number of sulfonamides is 1. The fourth-order valence-electron chi connectivity index (χ4n) is 3.46. The van der Waals surface area contributed by atoms with Crippen LogP contribution in [0.1, 0.15) is 32.3 Å². The largest absolute Gasteiger partial charge is 0.495 e. The molecule has 0 atom stereocenters. The van der Waals surface area contributed by atoms with Crippen LogP contribution in [0.25, 0.3) is 0 Å². The number of carbonyl (C=O) groups excluding carboxylic acids is 1. The summed E-state index contributed by atoms with van der Waals surface area (Å²) in [4.78, 5) is 13.3. The highest BCUT2D eigenvalue weighted by Gasteiger charge is 2.51. The van der Waals surface area contributed by atoms with E-state index in [0.717, 1.165) is 22.9 Å². The second-order valence-corrected chi connectivity index (χ2v) is 9.85. The predicted octanol–water partition coefficient (Wildman–Crippen LogP) is 4.16. The SMILES string of the molecule is CCN(CC)S(=O)(=O)c1ccc(OC)c(NC(=O)C2(c3cccc(Br)c3)CC2)c1. The number of amides is 1. The summed E-state index contributed by atoms with van der Waals surface area (Å²) in [7, 11) is -2.15. The molecule has 3 rings (SSSR count). The Balaban J connectivity index is 1.93. The van der Waals surface area contributed by atoms with Crippen molar-refractivity contribution in [3.63, 3.8) is 0 Å². The van der Waals surface area contributed by atoms with Crippen molar-refractivity contribution >= 4 is 37.5 Å². The highest BCUT2D eigenvalue weighted by Crippen LogP contribution is 2.49. The molecule has 1 aliphatic rings. The van der Waals surface area contributed by atoms with E-state index in [1.807, 2.05) is 24.3 Å². The molecule has 6 nitrogen and oxygen atoms in total. The van der Waals surface area contributed by atoms with Gasteiger partial charge < -0.3 is 10.1 Å². The molecular weight excluding hydrogens is 456 g/mol. The highest BCUT2D eigenvalue weighted by molar-refractivity contribution is 9.10. The number of nitrogens with one attached hydrogen (secondary N) is 1. The van der Waals surface area contributed by atoms with Gasteiger partial charge in [0.25, 0.3) is 0 Å². The Kier molecular flexibility index (Phi) is 6.36. The van der Waals surface area contributed by atoms with Gasteiger partial charge in [-0.25, -0.2) is 8.42 Å². The molecule has 1 N–H and O–H groups in total. The molecule has 2 aromatic rings. The smallest absolute Gasteiger partial charge is 0.243 e. The van der Waals surface area contributed by atoms with Crippen molar-refractivity contribution in [2.75, 3.05) is 25.5 Å². The number of carbonyl (C=O) groups is 1. The number of methoxy groups -OCH3 is 1. The molecule has 29 heavy (non-hydrogen) atoms. The summed E-state index contributed by atoms with van der Waals surface area (Å²) in [5.41, 5.74) is 0.699. The van der Waals surface area contributed by atoms with Gasteiger partial charge in [0, 0.05) is 17.6 Å². The first-order valence-electron chi connectivity index (χ1n) is 9.54. The number of hydrogen-bond acceptors (Lipinski definition) is 4. The van der Waals surface area contributed by atoms with Crippen molar-refractivity contribution in [1.29, 1.82) is 0 Å². The summed E-state index contributed by atoms with van der Waals surface area (Å²) >= 11 is 3.46. The normalized spacial score (nSPS) is 15.2. The zero-order valence-corrected chi connectivity index (χ0v) is 19.1. The Morgan fingerprint density at radius 1 is 1.17 bits per heavy atom. The maximum Gasteiger partial charge on any atom is 0.243 e. The molecule has 1 fully saturated rings. The first-order valence-corrected chi connectivity index (χ1v) is 11.8. The van der Waals surface area contributed by atoms with Crippen molar-refractivity contribution in [1.82, 2.24) is 4.31 Å². The molecule has 1 saturated carbocycles. The standard InChI is InChI=1S/C21H25BrN2O4S/c1-4-24(5-2)29(26,27)17-9-10-19(28-3)18(14-17)23-20(25)21(11-12-21)15-7-6-8-16(22)13-15/h6-10,13-14H,4-5,11-12H2,1-3H3,(H,23,25). The maximum atomic E-state index is 13.1. The lowest BCUT2D eigenvalue weighted by molar-refractivity contribution is -0.118. The molecule has 0 radical (unpaired) electrons. The molecule has 0 unspecified atom stereocenters. The molecular formula is C21H25BrN2O4S. The molecule has 0 bridgehead atoms. The van der Waals surface area contributed by atoms with Gasteiger partial charge in [-0.3, -0.25) is 4.79 Å². The lowest BCUT2D eigenvalue weighted by atomic mass is 9.95. The fraction of sp³-hybridized carbons (Fsp3) is 0.381. The number of benzene rings is 2. The fourth-order valence-corrected chi connectivity index (χ4v) is 5.34. The van der Waals surface area contributed by atoms with Crippen LogP contribution in [0, 0.1) is 0 Å². The van der Waals surface area contributed by atoms with Crippen molar-refractivity contribution in [3.05, 3.63) is 52.5 Å². The van der Waals surface area contributed by atoms with Crippen LogP contribution in [0.2, 0.25) is 0 Å². The second-order valence-electron chi connectivity index (χ2n) is 7.00. The van der Waals surface area contributed by atoms with Gasteiger partial charge in [-0.2, -0.15) is 4.31 Å². The van der Waals surface area contributed by atoms with Crippen molar-refractivity contribution in [3.8, 4) is 5.75 Å². The molecule has 2 aromatic carbocycles. The third kappa shape index (κ3) is 4.20. The Labute approximate surface area is 180 Å². The average Bonchev–Trinajstić information content (AvgIpc) is 3.51. The summed E-state index contributed by atoms with van der Waals surface area (Å²) in [5, 5.41) is 2.91. The first-order chi connectivity index (χ1) is 13.8. The van der Waals surface area contributed by atoms with Crippen molar-refractivity contribution < 1.29 is 17.9 Å². The monoisotopic (exact) mass is 480 g/mol. The molecule has 1 aliphatic carbocycles. The van der Waals surface area contributed by atoms with Crippen LogP contribution < -0.4 is 10.1 Å². The third-order valence-corrected chi connectivity index (χ3v) is 7.86. The van der Waals surface area contributed by atoms with Crippen LogP contribution in [0.4, 0.5) is 5.69 Å². The van der Waals surface area contributed by atoms with Gasteiger partial charge >= 0.3 is 0 Å². The number of halogens is 1. The van der Waals surface area contributed by atoms with Gasteiger partial charge in [-0.1, -0.05) is 41.9 Å². The third-order valence-electron chi connectivity index (χ3n) is 5.32. The van der Waals surface area contributed by atoms with E-state index in [1.165, 1.54) is 23.5 Å². The summed E-state index contributed by atoms with van der Waals surface area (Å²) < 4.78 is 33.4. The number of rotatable bonds is 8. The number of nitrogens with zero attached hydrogens (tertiary/aromatic N) is 1. The minimum atomic E-state index is -3.64. The van der Waals surface area contributed by atoms with Gasteiger partial charge in [-0.05, 0) is 48.7 Å². The lowest BCUT2D eigenvalue weighted by Gasteiger charge is -2.21. The quantitative estimate of drug-likeness (QED) is 0.615. The minimum absolute atomic E-state index is 0.129. The number of ether oxygens (including phenoxy) is 1. The van der Waals surface area contributed by atoms with Gasteiger partial charge in [0.1, 0.15) is 5.75 Å². The van der Waals surface area contributed by atoms with Crippen LogP contribution in [0.5, 0.6) is 5.75 Å². The molecule has 0 aromatic heterocycles. The van der Waals surface area contributed by atoms with E-state index in [0.29, 0.717) is 24.5 Å². The molecule has 156 valence electrons. The van der Waals surface area contributed by atoms with E-state index >= 15 is 0 Å². The highest BCUT2D eigenvalue weighted by atomic mass is 79.9. The Morgan fingerprint density at radius 2 is 1.86 bits per heavy atom.